The molecule has 1 aliphatic rings. The number of carbonyl (C=O) groups is 3. The predicted molar refractivity (Wildman–Crippen MR) is 164 cm³/mol. The number of hydrogen-bond acceptors (Lipinski definition) is 5. The molecule has 1 heterocycles. The summed E-state index contributed by atoms with van der Waals surface area (Å²) in [7, 11) is 1.51. The van der Waals surface area contributed by atoms with Gasteiger partial charge in [-0.1, -0.05) is 6.92 Å². The number of aliphatic hydroxyl groups is 1. The Hall–Kier alpha value is -4.85. The molecule has 4 rings (SSSR count). The van der Waals surface area contributed by atoms with Crippen LogP contribution in [0.1, 0.15) is 25.0 Å². The number of halogens is 4. The molecule has 0 unspecified atom stereocenters. The van der Waals surface area contributed by atoms with Crippen molar-refractivity contribution in [1.29, 1.82) is 0 Å². The van der Waals surface area contributed by atoms with Crippen LogP contribution in [0.4, 0.5) is 44.2 Å². The summed E-state index contributed by atoms with van der Waals surface area (Å²) in [5.74, 6) is -0.703. The molecule has 1 aliphatic heterocycles. The Morgan fingerprint density at radius 1 is 1.00 bits per heavy atom. The fourth-order valence-electron chi connectivity index (χ4n) is 4.87. The van der Waals surface area contributed by atoms with Crippen molar-refractivity contribution in [3.63, 3.8) is 0 Å². The Balaban J connectivity index is 1.53. The summed E-state index contributed by atoms with van der Waals surface area (Å²) in [5, 5.41) is 17.7. The fourth-order valence-corrected chi connectivity index (χ4v) is 4.87. The number of nitrogens with one attached hydrogen (secondary N) is 3. The van der Waals surface area contributed by atoms with E-state index in [4.69, 9.17) is 4.74 Å². The van der Waals surface area contributed by atoms with Crippen molar-refractivity contribution in [2.24, 2.45) is 5.92 Å². The van der Waals surface area contributed by atoms with Crippen LogP contribution in [-0.2, 0) is 17.4 Å². The summed E-state index contributed by atoms with van der Waals surface area (Å²) < 4.78 is 58.3. The first kappa shape index (κ1) is 34.0. The Morgan fingerprint density at radius 2 is 1.59 bits per heavy atom. The second kappa shape index (κ2) is 14.5. The van der Waals surface area contributed by atoms with E-state index in [0.717, 1.165) is 24.3 Å². The summed E-state index contributed by atoms with van der Waals surface area (Å²) in [4.78, 5) is 41.9. The number of carbonyl (C=O) groups excluding carboxylic acids is 3. The highest BCUT2D eigenvalue weighted by atomic mass is 19.4. The highest BCUT2D eigenvalue weighted by molar-refractivity contribution is 6.00. The maximum atomic E-state index is 13.4. The quantitative estimate of drug-likeness (QED) is 0.242. The summed E-state index contributed by atoms with van der Waals surface area (Å²) >= 11 is 0. The number of hydrogen-bond donors (Lipinski definition) is 4. The number of likely N-dealkylation sites (N-methyl/N-ethyl adjacent to an activating group) is 1. The molecule has 0 bridgehead atoms. The normalized spacial score (nSPS) is 17.4. The molecular formula is C32H35F4N5O5. The molecule has 3 aromatic rings. The van der Waals surface area contributed by atoms with Crippen LogP contribution in [0.5, 0.6) is 5.75 Å². The third-order valence-corrected chi connectivity index (χ3v) is 7.54. The fraction of sp³-hybridized carbons (Fsp3) is 0.344. The van der Waals surface area contributed by atoms with Crippen LogP contribution in [0.25, 0.3) is 0 Å². The van der Waals surface area contributed by atoms with Gasteiger partial charge in [-0.05, 0) is 73.7 Å². The van der Waals surface area contributed by atoms with Crippen molar-refractivity contribution >= 4 is 35.0 Å². The average molecular weight is 646 g/mol. The number of alkyl halides is 3. The van der Waals surface area contributed by atoms with Gasteiger partial charge in [-0.2, -0.15) is 13.2 Å². The Bertz CT molecular complexity index is 1540. The number of aliphatic hydroxyl groups excluding tert-OH is 1. The molecule has 10 nitrogen and oxygen atoms in total. The van der Waals surface area contributed by atoms with Gasteiger partial charge in [-0.25, -0.2) is 14.0 Å². The van der Waals surface area contributed by atoms with Crippen LogP contribution in [0, 0.1) is 11.7 Å². The summed E-state index contributed by atoms with van der Waals surface area (Å²) in [6.45, 7) is 3.52. The maximum Gasteiger partial charge on any atom is 0.416 e. The van der Waals surface area contributed by atoms with Gasteiger partial charge in [0.15, 0.2) is 0 Å². The molecule has 4 N–H and O–H groups in total. The van der Waals surface area contributed by atoms with Crippen molar-refractivity contribution < 1.29 is 41.8 Å². The molecule has 0 fully saturated rings. The van der Waals surface area contributed by atoms with Gasteiger partial charge < -0.3 is 35.6 Å². The van der Waals surface area contributed by atoms with Gasteiger partial charge in [0.1, 0.15) is 17.7 Å². The zero-order valence-electron chi connectivity index (χ0n) is 25.4. The molecule has 0 saturated carbocycles. The van der Waals surface area contributed by atoms with Crippen molar-refractivity contribution in [1.82, 2.24) is 9.80 Å². The monoisotopic (exact) mass is 645 g/mol. The van der Waals surface area contributed by atoms with Crippen LogP contribution < -0.4 is 20.7 Å². The molecule has 0 saturated heterocycles. The van der Waals surface area contributed by atoms with Gasteiger partial charge in [0, 0.05) is 42.1 Å². The highest BCUT2D eigenvalue weighted by Gasteiger charge is 2.32. The molecule has 3 aromatic carbocycles. The van der Waals surface area contributed by atoms with Gasteiger partial charge in [0.05, 0.1) is 31.2 Å². The number of nitrogens with zero attached hydrogens (tertiary/aromatic N) is 2. The lowest BCUT2D eigenvalue weighted by Crippen LogP contribution is -2.48. The van der Waals surface area contributed by atoms with Gasteiger partial charge in [-0.15, -0.1) is 0 Å². The first-order chi connectivity index (χ1) is 21.7. The van der Waals surface area contributed by atoms with E-state index in [-0.39, 0.29) is 43.6 Å². The van der Waals surface area contributed by atoms with E-state index >= 15 is 0 Å². The molecule has 0 spiro atoms. The van der Waals surface area contributed by atoms with Crippen LogP contribution in [-0.4, -0.2) is 71.8 Å². The molecular weight excluding hydrogens is 610 g/mol. The van der Waals surface area contributed by atoms with Crippen LogP contribution >= 0.6 is 0 Å². The molecule has 5 amide bonds. The molecule has 246 valence electrons. The number of rotatable bonds is 7. The second-order valence-corrected chi connectivity index (χ2v) is 11.2. The number of ether oxygens (including phenoxy) is 1. The number of anilines is 3. The number of urea groups is 2. The predicted octanol–water partition coefficient (Wildman–Crippen LogP) is 5.80. The summed E-state index contributed by atoms with van der Waals surface area (Å²) in [5.41, 5.74) is 0.519. The minimum Gasteiger partial charge on any atom is -0.488 e. The first-order valence-corrected chi connectivity index (χ1v) is 14.5. The number of fused-ring (bicyclic) bond motifs is 1. The van der Waals surface area contributed by atoms with E-state index in [1.807, 2.05) is 6.92 Å². The number of benzene rings is 3. The van der Waals surface area contributed by atoms with Crippen LogP contribution in [0.2, 0.25) is 0 Å². The Kier molecular flexibility index (Phi) is 10.7. The highest BCUT2D eigenvalue weighted by Crippen LogP contribution is 2.31. The third kappa shape index (κ3) is 8.87. The average Bonchev–Trinajstić information content (AvgIpc) is 3.05. The first-order valence-electron chi connectivity index (χ1n) is 14.5. The van der Waals surface area contributed by atoms with E-state index in [9.17, 15) is 37.1 Å². The van der Waals surface area contributed by atoms with Gasteiger partial charge in [0.25, 0.3) is 0 Å². The smallest absolute Gasteiger partial charge is 0.416 e. The SMILES string of the molecule is C[C@H](CO)N1C[C@H](C)[C@@H](CN(C)C(=O)Nc2ccc(C(F)(F)F)cc2)Oc2ccc(NC(=O)Nc3ccc(F)cc3)cc2CC1=O. The largest absolute Gasteiger partial charge is 0.488 e. The lowest BCUT2D eigenvalue weighted by Gasteiger charge is -2.34. The van der Waals surface area contributed by atoms with E-state index in [2.05, 4.69) is 16.0 Å². The molecule has 46 heavy (non-hydrogen) atoms. The zero-order valence-corrected chi connectivity index (χ0v) is 25.4. The Morgan fingerprint density at radius 3 is 2.22 bits per heavy atom. The topological polar surface area (TPSA) is 123 Å². The standard InChI is InChI=1S/C32H35F4N5O5/c1-19-16-41(20(2)18-42)29(43)15-21-14-26(38-30(44)37-24-10-6-23(33)7-11-24)12-13-27(21)46-28(19)17-40(3)31(45)39-25-8-4-22(5-9-25)32(34,35)36/h4-14,19-20,28,42H,15-18H2,1-3H3,(H,39,45)(H2,37,38,44)/t19-,20+,28+/m0/s1. The van der Waals surface area contributed by atoms with E-state index < -0.39 is 41.8 Å². The lowest BCUT2D eigenvalue weighted by molar-refractivity contribution is -0.137. The molecule has 0 radical (unpaired) electrons. The lowest BCUT2D eigenvalue weighted by atomic mass is 10.0. The minimum atomic E-state index is -4.50. The van der Waals surface area contributed by atoms with E-state index in [1.165, 1.54) is 36.2 Å². The Labute approximate surface area is 263 Å². The van der Waals surface area contributed by atoms with Crippen molar-refractivity contribution in [2.75, 3.05) is 42.7 Å². The third-order valence-electron chi connectivity index (χ3n) is 7.54. The van der Waals surface area contributed by atoms with Crippen molar-refractivity contribution in [3.8, 4) is 5.75 Å². The molecule has 0 aromatic heterocycles. The second-order valence-electron chi connectivity index (χ2n) is 11.2. The maximum absolute atomic E-state index is 13.4. The molecule has 14 heteroatoms. The van der Waals surface area contributed by atoms with Crippen molar-refractivity contribution in [3.05, 3.63) is 83.7 Å². The molecule has 3 atom stereocenters. The van der Waals surface area contributed by atoms with Crippen LogP contribution in [0.15, 0.2) is 66.7 Å². The van der Waals surface area contributed by atoms with Gasteiger partial charge in [0.2, 0.25) is 5.91 Å². The van der Waals surface area contributed by atoms with Crippen LogP contribution in [0.3, 0.4) is 0 Å². The summed E-state index contributed by atoms with van der Waals surface area (Å²) in [6, 6.07) is 12.4. The van der Waals surface area contributed by atoms with Gasteiger partial charge in [-0.3, -0.25) is 4.79 Å². The summed E-state index contributed by atoms with van der Waals surface area (Å²) in [6.07, 6.45) is -5.25. The molecule has 0 aliphatic carbocycles. The minimum absolute atomic E-state index is 0.0443. The van der Waals surface area contributed by atoms with Gasteiger partial charge >= 0.3 is 18.2 Å². The van der Waals surface area contributed by atoms with Crippen molar-refractivity contribution in [2.45, 2.75) is 38.6 Å². The van der Waals surface area contributed by atoms with E-state index in [1.54, 1.807) is 30.0 Å². The van der Waals surface area contributed by atoms with E-state index in [0.29, 0.717) is 22.7 Å². The number of amides is 5. The zero-order chi connectivity index (χ0) is 33.6.